The van der Waals surface area contributed by atoms with Gasteiger partial charge in [-0.1, -0.05) is 31.5 Å². The highest BCUT2D eigenvalue weighted by molar-refractivity contribution is 7.80. The van der Waals surface area contributed by atoms with Gasteiger partial charge in [0.25, 0.3) is 0 Å². The fourth-order valence-electron chi connectivity index (χ4n) is 3.37. The van der Waals surface area contributed by atoms with E-state index in [4.69, 9.17) is 18.0 Å². The fraction of sp³-hybridized carbons (Fsp3) is 0.923. The maximum absolute atomic E-state index is 5.73. The largest absolute Gasteiger partial charge is 0.392 e. The van der Waals surface area contributed by atoms with Crippen molar-refractivity contribution < 1.29 is 0 Å². The summed E-state index contributed by atoms with van der Waals surface area (Å²) in [4.78, 5) is 3.11. The number of likely N-dealkylation sites (tertiary alicyclic amines) is 1. The molecule has 1 aliphatic heterocycles. The summed E-state index contributed by atoms with van der Waals surface area (Å²) in [5.41, 5.74) is 6.41. The van der Waals surface area contributed by atoms with Gasteiger partial charge in [-0.05, 0) is 51.1 Å². The average Bonchev–Trinajstić information content (AvgIpc) is 2.30. The zero-order chi connectivity index (χ0) is 11.6. The van der Waals surface area contributed by atoms with Crippen molar-refractivity contribution in [1.29, 1.82) is 0 Å². The first-order valence-electron chi connectivity index (χ1n) is 6.66. The number of thiocarbonyl (C=S) groups is 1. The molecule has 1 aliphatic carbocycles. The molecule has 0 bridgehead atoms. The maximum atomic E-state index is 5.73. The van der Waals surface area contributed by atoms with E-state index in [1.165, 1.54) is 58.0 Å². The van der Waals surface area contributed by atoms with Gasteiger partial charge >= 0.3 is 0 Å². The summed E-state index contributed by atoms with van der Waals surface area (Å²) in [6.07, 6.45) is 9.99. The molecule has 0 aromatic rings. The SMILES string of the molecule is CC(C(N)=S)N1CCC2(CCCCC2)CC1. The molecular formula is C13H24N2S. The first-order valence-corrected chi connectivity index (χ1v) is 7.07. The van der Waals surface area contributed by atoms with Gasteiger partial charge in [-0.25, -0.2) is 0 Å². The van der Waals surface area contributed by atoms with Gasteiger partial charge in [0.1, 0.15) is 0 Å². The van der Waals surface area contributed by atoms with Crippen LogP contribution in [0.2, 0.25) is 0 Å². The van der Waals surface area contributed by atoms with Gasteiger partial charge in [0, 0.05) is 0 Å². The molecule has 2 N–H and O–H groups in total. The van der Waals surface area contributed by atoms with Gasteiger partial charge in [-0.2, -0.15) is 0 Å². The molecule has 0 aromatic heterocycles. The Balaban J connectivity index is 1.88. The number of piperidine rings is 1. The van der Waals surface area contributed by atoms with Gasteiger partial charge in [0.15, 0.2) is 0 Å². The van der Waals surface area contributed by atoms with Crippen LogP contribution < -0.4 is 5.73 Å². The molecule has 1 saturated carbocycles. The number of rotatable bonds is 2. The normalized spacial score (nSPS) is 27.8. The molecule has 2 aliphatic rings. The van der Waals surface area contributed by atoms with Crippen LogP contribution in [0.3, 0.4) is 0 Å². The molecule has 1 saturated heterocycles. The molecule has 2 rings (SSSR count). The van der Waals surface area contributed by atoms with Crippen molar-refractivity contribution in [1.82, 2.24) is 4.90 Å². The van der Waals surface area contributed by atoms with E-state index in [2.05, 4.69) is 11.8 Å². The minimum absolute atomic E-state index is 0.288. The smallest absolute Gasteiger partial charge is 0.0899 e. The lowest BCUT2D eigenvalue weighted by atomic mass is 9.68. The molecule has 1 spiro atoms. The zero-order valence-electron chi connectivity index (χ0n) is 10.4. The Labute approximate surface area is 105 Å². The van der Waals surface area contributed by atoms with E-state index in [-0.39, 0.29) is 6.04 Å². The van der Waals surface area contributed by atoms with Crippen LogP contribution in [0.5, 0.6) is 0 Å². The molecule has 1 heterocycles. The molecule has 3 heteroatoms. The number of nitrogens with zero attached hydrogens (tertiary/aromatic N) is 1. The van der Waals surface area contributed by atoms with Crippen molar-refractivity contribution in [3.8, 4) is 0 Å². The van der Waals surface area contributed by atoms with E-state index < -0.39 is 0 Å². The van der Waals surface area contributed by atoms with Crippen LogP contribution in [0.25, 0.3) is 0 Å². The highest BCUT2D eigenvalue weighted by Gasteiger charge is 2.36. The third-order valence-electron chi connectivity index (χ3n) is 4.73. The van der Waals surface area contributed by atoms with Gasteiger partial charge in [-0.15, -0.1) is 0 Å². The van der Waals surface area contributed by atoms with Gasteiger partial charge in [-0.3, -0.25) is 4.90 Å². The molecule has 1 unspecified atom stereocenters. The maximum Gasteiger partial charge on any atom is 0.0899 e. The van der Waals surface area contributed by atoms with E-state index in [0.29, 0.717) is 10.4 Å². The Morgan fingerprint density at radius 2 is 1.69 bits per heavy atom. The quantitative estimate of drug-likeness (QED) is 0.753. The topological polar surface area (TPSA) is 29.3 Å². The summed E-state index contributed by atoms with van der Waals surface area (Å²) in [5.74, 6) is 0. The first-order chi connectivity index (χ1) is 7.63. The number of hydrogen-bond donors (Lipinski definition) is 1. The highest BCUT2D eigenvalue weighted by atomic mass is 32.1. The summed E-state index contributed by atoms with van der Waals surface area (Å²) < 4.78 is 0. The third-order valence-corrected chi connectivity index (χ3v) is 5.07. The van der Waals surface area contributed by atoms with Crippen molar-refractivity contribution in [3.05, 3.63) is 0 Å². The van der Waals surface area contributed by atoms with Gasteiger partial charge in [0.2, 0.25) is 0 Å². The summed E-state index contributed by atoms with van der Waals surface area (Å²) in [7, 11) is 0. The van der Waals surface area contributed by atoms with E-state index >= 15 is 0 Å². The lowest BCUT2D eigenvalue weighted by Gasteiger charge is -2.45. The van der Waals surface area contributed by atoms with Crippen LogP contribution in [-0.2, 0) is 0 Å². The van der Waals surface area contributed by atoms with E-state index in [0.717, 1.165) is 0 Å². The predicted octanol–water partition coefficient (Wildman–Crippen LogP) is 2.71. The minimum atomic E-state index is 0.288. The van der Waals surface area contributed by atoms with E-state index in [1.54, 1.807) is 0 Å². The summed E-state index contributed by atoms with van der Waals surface area (Å²) >= 11 is 5.08. The van der Waals surface area contributed by atoms with Crippen LogP contribution in [0.1, 0.15) is 51.9 Å². The van der Waals surface area contributed by atoms with Crippen molar-refractivity contribution in [2.45, 2.75) is 57.9 Å². The van der Waals surface area contributed by atoms with Crippen LogP contribution in [0.15, 0.2) is 0 Å². The Hall–Kier alpha value is -0.150. The summed E-state index contributed by atoms with van der Waals surface area (Å²) in [6, 6.07) is 0.288. The molecule has 2 fully saturated rings. The molecule has 1 atom stereocenters. The second-order valence-electron chi connectivity index (χ2n) is 5.67. The molecule has 0 radical (unpaired) electrons. The monoisotopic (exact) mass is 240 g/mol. The zero-order valence-corrected chi connectivity index (χ0v) is 11.2. The number of nitrogens with two attached hydrogens (primary N) is 1. The Bertz CT molecular complexity index is 249. The summed E-state index contributed by atoms with van der Waals surface area (Å²) in [6.45, 7) is 4.53. The molecular weight excluding hydrogens is 216 g/mol. The van der Waals surface area contributed by atoms with Crippen molar-refractivity contribution in [2.24, 2.45) is 11.1 Å². The minimum Gasteiger partial charge on any atom is -0.392 e. The average molecular weight is 240 g/mol. The third kappa shape index (κ3) is 2.57. The standard InChI is InChI=1S/C13H24N2S/c1-11(12(14)16)15-9-7-13(8-10-15)5-3-2-4-6-13/h11H,2-10H2,1H3,(H2,14,16). The van der Waals surface area contributed by atoms with Crippen molar-refractivity contribution >= 4 is 17.2 Å². The molecule has 92 valence electrons. The molecule has 2 nitrogen and oxygen atoms in total. The van der Waals surface area contributed by atoms with Crippen LogP contribution in [-0.4, -0.2) is 29.0 Å². The van der Waals surface area contributed by atoms with E-state index in [1.807, 2.05) is 0 Å². The van der Waals surface area contributed by atoms with Gasteiger partial charge < -0.3 is 5.73 Å². The van der Waals surface area contributed by atoms with Crippen LogP contribution in [0.4, 0.5) is 0 Å². The van der Waals surface area contributed by atoms with Crippen molar-refractivity contribution in [2.75, 3.05) is 13.1 Å². The van der Waals surface area contributed by atoms with Crippen molar-refractivity contribution in [3.63, 3.8) is 0 Å². The second kappa shape index (κ2) is 5.01. The van der Waals surface area contributed by atoms with Crippen LogP contribution >= 0.6 is 12.2 Å². The lowest BCUT2D eigenvalue weighted by Crippen LogP contribution is -2.48. The summed E-state index contributed by atoms with van der Waals surface area (Å²) in [5, 5.41) is 0. The molecule has 16 heavy (non-hydrogen) atoms. The van der Waals surface area contributed by atoms with Crippen LogP contribution in [0, 0.1) is 5.41 Å². The lowest BCUT2D eigenvalue weighted by molar-refractivity contribution is 0.0617. The van der Waals surface area contributed by atoms with E-state index in [9.17, 15) is 0 Å². The highest BCUT2D eigenvalue weighted by Crippen LogP contribution is 2.44. The molecule has 0 aromatic carbocycles. The fourth-order valence-corrected chi connectivity index (χ4v) is 3.52. The Kier molecular flexibility index (Phi) is 3.85. The van der Waals surface area contributed by atoms with Gasteiger partial charge in [0.05, 0.1) is 11.0 Å². The first kappa shape index (κ1) is 12.3. The predicted molar refractivity (Wildman–Crippen MR) is 72.6 cm³/mol. The number of hydrogen-bond acceptors (Lipinski definition) is 2. The Morgan fingerprint density at radius 3 is 2.19 bits per heavy atom. The molecule has 0 amide bonds. The second-order valence-corrected chi connectivity index (χ2v) is 6.15. The Morgan fingerprint density at radius 1 is 1.12 bits per heavy atom.